The molecule has 2 aromatic carbocycles. The Kier molecular flexibility index (Phi) is 4.88. The molecule has 0 atom stereocenters. The molecule has 0 bridgehead atoms. The monoisotopic (exact) mass is 303 g/mol. The third-order valence-electron chi connectivity index (χ3n) is 3.01. The molecule has 3 nitrogen and oxygen atoms in total. The first-order chi connectivity index (χ1) is 10.5. The topological polar surface area (TPSA) is 38.3 Å². The van der Waals surface area contributed by atoms with Crippen LogP contribution in [-0.2, 0) is 4.79 Å². The molecule has 0 unspecified atom stereocenters. The van der Waals surface area contributed by atoms with Crippen molar-refractivity contribution in [3.8, 4) is 5.75 Å². The first-order valence-corrected chi connectivity index (χ1v) is 6.59. The predicted molar refractivity (Wildman–Crippen MR) is 81.8 cm³/mol. The van der Waals surface area contributed by atoms with Crippen LogP contribution in [0.1, 0.15) is 11.1 Å². The number of para-hydroxylation sites is 1. The van der Waals surface area contributed by atoms with Crippen molar-refractivity contribution in [2.75, 3.05) is 12.4 Å². The molecular formula is C17H15F2NO2. The van der Waals surface area contributed by atoms with Crippen LogP contribution in [0, 0.1) is 18.6 Å². The van der Waals surface area contributed by atoms with E-state index < -0.39 is 23.2 Å². The number of hydrogen-bond donors (Lipinski definition) is 1. The summed E-state index contributed by atoms with van der Waals surface area (Å²) >= 11 is 0. The molecule has 0 saturated heterocycles. The molecule has 0 aliphatic rings. The maximum Gasteiger partial charge on any atom is 0.248 e. The molecule has 1 amide bonds. The van der Waals surface area contributed by atoms with Gasteiger partial charge < -0.3 is 10.1 Å². The summed E-state index contributed by atoms with van der Waals surface area (Å²) in [5, 5.41) is 2.18. The van der Waals surface area contributed by atoms with E-state index in [-0.39, 0.29) is 0 Å². The van der Waals surface area contributed by atoms with Crippen molar-refractivity contribution in [3.05, 3.63) is 65.2 Å². The summed E-state index contributed by atoms with van der Waals surface area (Å²) in [7, 11) is 1.52. The Bertz CT molecular complexity index is 706. The Labute approximate surface area is 127 Å². The van der Waals surface area contributed by atoms with Crippen molar-refractivity contribution in [3.63, 3.8) is 0 Å². The predicted octanol–water partition coefficient (Wildman–Crippen LogP) is 3.93. The van der Waals surface area contributed by atoms with Crippen molar-refractivity contribution in [2.24, 2.45) is 0 Å². The summed E-state index contributed by atoms with van der Waals surface area (Å²) in [5.74, 6) is -1.68. The summed E-state index contributed by atoms with van der Waals surface area (Å²) in [5.41, 5.74) is 1.24. The fraction of sp³-hybridized carbons (Fsp3) is 0.118. The standard InChI is InChI=1S/C17H15F2NO2/c1-11-6-8-15(22-2)12(10-11)7-9-16(21)20-17-13(18)4-3-5-14(17)19/h3-10H,1-2H3,(H,20,21). The molecule has 22 heavy (non-hydrogen) atoms. The third-order valence-corrected chi connectivity index (χ3v) is 3.01. The maximum absolute atomic E-state index is 13.4. The minimum Gasteiger partial charge on any atom is -0.496 e. The van der Waals surface area contributed by atoms with Gasteiger partial charge in [0.05, 0.1) is 7.11 Å². The van der Waals surface area contributed by atoms with E-state index in [0.717, 1.165) is 17.7 Å². The molecule has 0 aliphatic carbocycles. The number of nitrogens with one attached hydrogen (secondary N) is 1. The number of aryl methyl sites for hydroxylation is 1. The lowest BCUT2D eigenvalue weighted by molar-refractivity contribution is -0.111. The highest BCUT2D eigenvalue weighted by Crippen LogP contribution is 2.21. The molecule has 1 N–H and O–H groups in total. The maximum atomic E-state index is 13.4. The van der Waals surface area contributed by atoms with Crippen LogP contribution in [0.5, 0.6) is 5.75 Å². The molecule has 0 spiro atoms. The number of hydrogen-bond acceptors (Lipinski definition) is 2. The van der Waals surface area contributed by atoms with E-state index in [4.69, 9.17) is 4.74 Å². The summed E-state index contributed by atoms with van der Waals surface area (Å²) in [6, 6.07) is 8.88. The number of methoxy groups -OCH3 is 1. The summed E-state index contributed by atoms with van der Waals surface area (Å²) in [4.78, 5) is 11.8. The highest BCUT2D eigenvalue weighted by Gasteiger charge is 2.10. The van der Waals surface area contributed by atoms with Crippen LogP contribution in [0.4, 0.5) is 14.5 Å². The Balaban J connectivity index is 2.17. The van der Waals surface area contributed by atoms with Gasteiger partial charge in [0, 0.05) is 11.6 Å². The molecule has 0 aliphatic heterocycles. The molecule has 0 fully saturated rings. The fourth-order valence-corrected chi connectivity index (χ4v) is 1.93. The van der Waals surface area contributed by atoms with Gasteiger partial charge in [0.1, 0.15) is 23.1 Å². The minimum atomic E-state index is -0.824. The summed E-state index contributed by atoms with van der Waals surface area (Å²) < 4.78 is 32.1. The zero-order valence-electron chi connectivity index (χ0n) is 12.2. The van der Waals surface area contributed by atoms with Gasteiger partial charge in [0.2, 0.25) is 5.91 Å². The van der Waals surface area contributed by atoms with Gasteiger partial charge in [-0.1, -0.05) is 17.7 Å². The van der Waals surface area contributed by atoms with Gasteiger partial charge in [-0.05, 0) is 37.3 Å². The van der Waals surface area contributed by atoms with Gasteiger partial charge >= 0.3 is 0 Å². The first kappa shape index (κ1) is 15.7. The first-order valence-electron chi connectivity index (χ1n) is 6.59. The van der Waals surface area contributed by atoms with Gasteiger partial charge in [-0.15, -0.1) is 0 Å². The van der Waals surface area contributed by atoms with Gasteiger partial charge in [-0.3, -0.25) is 4.79 Å². The number of amides is 1. The summed E-state index contributed by atoms with van der Waals surface area (Å²) in [6.07, 6.45) is 2.73. The normalized spacial score (nSPS) is 10.7. The van der Waals surface area contributed by atoms with Gasteiger partial charge in [-0.2, -0.15) is 0 Å². The second-order valence-corrected chi connectivity index (χ2v) is 4.66. The van der Waals surface area contributed by atoms with Crippen LogP contribution >= 0.6 is 0 Å². The zero-order chi connectivity index (χ0) is 16.1. The van der Waals surface area contributed by atoms with Gasteiger partial charge in [0.15, 0.2) is 0 Å². The number of carbonyl (C=O) groups excluding carboxylic acids is 1. The molecule has 0 radical (unpaired) electrons. The number of carbonyl (C=O) groups is 1. The lowest BCUT2D eigenvalue weighted by Gasteiger charge is -2.06. The van der Waals surface area contributed by atoms with E-state index in [0.29, 0.717) is 11.3 Å². The van der Waals surface area contributed by atoms with Gasteiger partial charge in [0.25, 0.3) is 0 Å². The van der Waals surface area contributed by atoms with Crippen LogP contribution in [0.25, 0.3) is 6.08 Å². The SMILES string of the molecule is COc1ccc(C)cc1C=CC(=O)Nc1c(F)cccc1F. The van der Waals surface area contributed by atoms with E-state index in [9.17, 15) is 13.6 Å². The number of ether oxygens (including phenoxy) is 1. The second-order valence-electron chi connectivity index (χ2n) is 4.66. The molecule has 2 rings (SSSR count). The van der Waals surface area contributed by atoms with Crippen LogP contribution < -0.4 is 10.1 Å². The van der Waals surface area contributed by atoms with E-state index >= 15 is 0 Å². The molecule has 0 saturated carbocycles. The van der Waals surface area contributed by atoms with Crippen LogP contribution in [0.2, 0.25) is 0 Å². The van der Waals surface area contributed by atoms with Crippen molar-refractivity contribution in [1.82, 2.24) is 0 Å². The highest BCUT2D eigenvalue weighted by atomic mass is 19.1. The zero-order valence-corrected chi connectivity index (χ0v) is 12.2. The minimum absolute atomic E-state index is 0.464. The molecule has 114 valence electrons. The average molecular weight is 303 g/mol. The van der Waals surface area contributed by atoms with Crippen molar-refractivity contribution >= 4 is 17.7 Å². The van der Waals surface area contributed by atoms with Crippen LogP contribution in [0.3, 0.4) is 0 Å². The second kappa shape index (κ2) is 6.85. The summed E-state index contributed by atoms with van der Waals surface area (Å²) in [6.45, 7) is 1.91. The number of rotatable bonds is 4. The Morgan fingerprint density at radius 2 is 1.86 bits per heavy atom. The molecular weight excluding hydrogens is 288 g/mol. The molecule has 5 heteroatoms. The quantitative estimate of drug-likeness (QED) is 0.869. The van der Waals surface area contributed by atoms with Crippen molar-refractivity contribution in [1.29, 1.82) is 0 Å². The average Bonchev–Trinajstić information content (AvgIpc) is 2.49. The lowest BCUT2D eigenvalue weighted by atomic mass is 10.1. The highest BCUT2D eigenvalue weighted by molar-refractivity contribution is 6.02. The number of halogens is 2. The van der Waals surface area contributed by atoms with Gasteiger partial charge in [-0.25, -0.2) is 8.78 Å². The number of benzene rings is 2. The molecule has 0 aromatic heterocycles. The van der Waals surface area contributed by atoms with E-state index in [1.54, 1.807) is 6.07 Å². The van der Waals surface area contributed by atoms with Crippen molar-refractivity contribution < 1.29 is 18.3 Å². The van der Waals surface area contributed by atoms with E-state index in [1.165, 1.54) is 25.3 Å². The largest absolute Gasteiger partial charge is 0.496 e. The van der Waals surface area contributed by atoms with E-state index in [2.05, 4.69) is 5.32 Å². The Hall–Kier alpha value is -2.69. The Morgan fingerprint density at radius 1 is 1.18 bits per heavy atom. The van der Waals surface area contributed by atoms with Crippen LogP contribution in [-0.4, -0.2) is 13.0 Å². The fourth-order valence-electron chi connectivity index (χ4n) is 1.93. The van der Waals surface area contributed by atoms with Crippen LogP contribution in [0.15, 0.2) is 42.5 Å². The lowest BCUT2D eigenvalue weighted by Crippen LogP contribution is -2.10. The number of anilines is 1. The Morgan fingerprint density at radius 3 is 2.50 bits per heavy atom. The molecule has 2 aromatic rings. The smallest absolute Gasteiger partial charge is 0.248 e. The third kappa shape index (κ3) is 3.69. The molecule has 0 heterocycles. The van der Waals surface area contributed by atoms with E-state index in [1.807, 2.05) is 19.1 Å². The van der Waals surface area contributed by atoms with Crippen molar-refractivity contribution in [2.45, 2.75) is 6.92 Å².